The average molecular weight is 274 g/mol. The fraction of sp³-hybridized carbons (Fsp3) is 0.267. The third-order valence-electron chi connectivity index (χ3n) is 2.83. The zero-order valence-corrected chi connectivity index (χ0v) is 11.6. The highest BCUT2D eigenvalue weighted by Gasteiger charge is 2.14. The van der Waals surface area contributed by atoms with E-state index < -0.39 is 5.97 Å². The van der Waals surface area contributed by atoms with E-state index in [4.69, 9.17) is 14.9 Å². The Morgan fingerprint density at radius 3 is 2.80 bits per heavy atom. The lowest BCUT2D eigenvalue weighted by atomic mass is 10.1. The van der Waals surface area contributed by atoms with E-state index >= 15 is 0 Å². The van der Waals surface area contributed by atoms with Crippen LogP contribution < -0.4 is 11.1 Å². The number of aryl methyl sites for hydroxylation is 1. The first-order valence-electron chi connectivity index (χ1n) is 6.46. The van der Waals surface area contributed by atoms with Gasteiger partial charge in [-0.2, -0.15) is 0 Å². The average Bonchev–Trinajstić information content (AvgIpc) is 2.83. The smallest absolute Gasteiger partial charge is 0.340 e. The number of nitrogen functional groups attached to an aromatic ring is 1. The van der Waals surface area contributed by atoms with Gasteiger partial charge in [0.05, 0.1) is 30.1 Å². The molecule has 0 amide bonds. The van der Waals surface area contributed by atoms with Crippen LogP contribution in [0.1, 0.15) is 28.8 Å². The van der Waals surface area contributed by atoms with Gasteiger partial charge in [0.25, 0.3) is 0 Å². The molecule has 0 aliphatic rings. The molecule has 0 aliphatic carbocycles. The molecular formula is C15H18N2O3. The zero-order chi connectivity index (χ0) is 14.5. The van der Waals surface area contributed by atoms with Crippen LogP contribution in [0.4, 0.5) is 11.4 Å². The van der Waals surface area contributed by atoms with Crippen molar-refractivity contribution in [1.29, 1.82) is 0 Å². The van der Waals surface area contributed by atoms with E-state index in [0.717, 1.165) is 11.5 Å². The maximum absolute atomic E-state index is 11.9. The quantitative estimate of drug-likeness (QED) is 0.647. The molecule has 2 aromatic rings. The van der Waals surface area contributed by atoms with Crippen LogP contribution in [0.2, 0.25) is 0 Å². The number of ether oxygens (including phenoxy) is 1. The third-order valence-corrected chi connectivity index (χ3v) is 2.83. The lowest BCUT2D eigenvalue weighted by molar-refractivity contribution is 0.0527. The van der Waals surface area contributed by atoms with Gasteiger partial charge in [0.1, 0.15) is 11.5 Å². The molecule has 20 heavy (non-hydrogen) atoms. The highest BCUT2D eigenvalue weighted by Crippen LogP contribution is 2.25. The molecule has 5 heteroatoms. The number of carbonyl (C=O) groups excluding carboxylic acids is 1. The monoisotopic (exact) mass is 274 g/mol. The maximum Gasteiger partial charge on any atom is 0.340 e. The molecule has 0 radical (unpaired) electrons. The Bertz CT molecular complexity index is 605. The summed E-state index contributed by atoms with van der Waals surface area (Å²) in [5.74, 6) is 1.23. The summed E-state index contributed by atoms with van der Waals surface area (Å²) in [5, 5.41) is 3.13. The van der Waals surface area contributed by atoms with Gasteiger partial charge in [0, 0.05) is 0 Å². The van der Waals surface area contributed by atoms with Crippen LogP contribution in [-0.2, 0) is 11.3 Å². The third kappa shape index (κ3) is 3.12. The van der Waals surface area contributed by atoms with Gasteiger partial charge in [-0.3, -0.25) is 0 Å². The van der Waals surface area contributed by atoms with E-state index in [1.54, 1.807) is 25.1 Å². The van der Waals surface area contributed by atoms with Crippen molar-refractivity contribution in [2.45, 2.75) is 20.4 Å². The Morgan fingerprint density at radius 1 is 1.35 bits per heavy atom. The second-order valence-corrected chi connectivity index (χ2v) is 4.36. The van der Waals surface area contributed by atoms with Crippen molar-refractivity contribution in [3.63, 3.8) is 0 Å². The molecular weight excluding hydrogens is 256 g/mol. The number of anilines is 2. The highest BCUT2D eigenvalue weighted by molar-refractivity contribution is 5.98. The van der Waals surface area contributed by atoms with Crippen LogP contribution in [0.25, 0.3) is 0 Å². The molecule has 1 aromatic heterocycles. The summed E-state index contributed by atoms with van der Waals surface area (Å²) in [7, 11) is 0. The number of carbonyl (C=O) groups is 1. The first-order chi connectivity index (χ1) is 9.61. The molecule has 0 aliphatic heterocycles. The molecule has 106 valence electrons. The van der Waals surface area contributed by atoms with Crippen molar-refractivity contribution in [2.75, 3.05) is 17.7 Å². The molecule has 2 rings (SSSR count). The van der Waals surface area contributed by atoms with Gasteiger partial charge in [-0.05, 0) is 38.1 Å². The van der Waals surface area contributed by atoms with E-state index in [2.05, 4.69) is 5.32 Å². The Hall–Kier alpha value is -2.43. The Labute approximate surface area is 117 Å². The minimum absolute atomic E-state index is 0.324. The normalized spacial score (nSPS) is 10.3. The number of nitrogens with two attached hydrogens (primary N) is 1. The van der Waals surface area contributed by atoms with Crippen LogP contribution in [0.15, 0.2) is 34.7 Å². The first kappa shape index (κ1) is 14.0. The van der Waals surface area contributed by atoms with E-state index in [0.29, 0.717) is 30.1 Å². The van der Waals surface area contributed by atoms with Gasteiger partial charge in [0.2, 0.25) is 0 Å². The van der Waals surface area contributed by atoms with Gasteiger partial charge < -0.3 is 20.2 Å². The topological polar surface area (TPSA) is 77.5 Å². The SMILES string of the molecule is CCOC(=O)c1cccc(N)c1NCc1ccc(C)o1. The number of benzene rings is 1. The molecule has 0 saturated carbocycles. The first-order valence-corrected chi connectivity index (χ1v) is 6.46. The van der Waals surface area contributed by atoms with E-state index in [1.807, 2.05) is 19.1 Å². The predicted octanol–water partition coefficient (Wildman–Crippen LogP) is 2.96. The van der Waals surface area contributed by atoms with Crippen LogP contribution in [0, 0.1) is 6.92 Å². The minimum Gasteiger partial charge on any atom is -0.465 e. The molecule has 3 N–H and O–H groups in total. The van der Waals surface area contributed by atoms with Gasteiger partial charge in [0.15, 0.2) is 0 Å². The molecule has 0 spiro atoms. The fourth-order valence-electron chi connectivity index (χ4n) is 1.90. The standard InChI is InChI=1S/C15H18N2O3/c1-3-19-15(18)12-5-4-6-13(16)14(12)17-9-11-8-7-10(2)20-11/h4-8,17H,3,9,16H2,1-2H3. The summed E-state index contributed by atoms with van der Waals surface area (Å²) < 4.78 is 10.5. The van der Waals surface area contributed by atoms with Crippen molar-refractivity contribution >= 4 is 17.3 Å². The number of rotatable bonds is 5. The maximum atomic E-state index is 11.9. The van der Waals surface area contributed by atoms with E-state index in [1.165, 1.54) is 0 Å². The Balaban J connectivity index is 2.19. The molecule has 5 nitrogen and oxygen atoms in total. The Morgan fingerprint density at radius 2 is 2.15 bits per heavy atom. The summed E-state index contributed by atoms with van der Waals surface area (Å²) in [6, 6.07) is 8.91. The number of para-hydroxylation sites is 1. The van der Waals surface area contributed by atoms with Gasteiger partial charge in [-0.25, -0.2) is 4.79 Å². The summed E-state index contributed by atoms with van der Waals surface area (Å²) in [5.41, 5.74) is 7.42. The van der Waals surface area contributed by atoms with E-state index in [-0.39, 0.29) is 0 Å². The molecule has 0 atom stereocenters. The van der Waals surface area contributed by atoms with Crippen LogP contribution in [0.3, 0.4) is 0 Å². The lowest BCUT2D eigenvalue weighted by Crippen LogP contribution is -2.11. The second-order valence-electron chi connectivity index (χ2n) is 4.36. The summed E-state index contributed by atoms with van der Waals surface area (Å²) in [4.78, 5) is 11.9. The van der Waals surface area contributed by atoms with Gasteiger partial charge >= 0.3 is 5.97 Å². The second kappa shape index (κ2) is 6.14. The van der Waals surface area contributed by atoms with Crippen molar-refractivity contribution in [2.24, 2.45) is 0 Å². The van der Waals surface area contributed by atoms with Gasteiger partial charge in [-0.1, -0.05) is 6.07 Å². The van der Waals surface area contributed by atoms with Crippen LogP contribution in [0.5, 0.6) is 0 Å². The molecule has 0 bridgehead atoms. The summed E-state index contributed by atoms with van der Waals surface area (Å²) >= 11 is 0. The number of nitrogens with one attached hydrogen (secondary N) is 1. The van der Waals surface area contributed by atoms with Crippen molar-refractivity contribution in [3.05, 3.63) is 47.4 Å². The fourth-order valence-corrected chi connectivity index (χ4v) is 1.90. The summed E-state index contributed by atoms with van der Waals surface area (Å²) in [6.45, 7) is 4.42. The van der Waals surface area contributed by atoms with Crippen molar-refractivity contribution < 1.29 is 13.9 Å². The predicted molar refractivity (Wildman–Crippen MR) is 77.6 cm³/mol. The highest BCUT2D eigenvalue weighted by atomic mass is 16.5. The lowest BCUT2D eigenvalue weighted by Gasteiger charge is -2.12. The zero-order valence-electron chi connectivity index (χ0n) is 11.6. The van der Waals surface area contributed by atoms with E-state index in [9.17, 15) is 4.79 Å². The number of furan rings is 1. The molecule has 1 aromatic carbocycles. The molecule has 1 heterocycles. The van der Waals surface area contributed by atoms with Crippen molar-refractivity contribution in [1.82, 2.24) is 0 Å². The van der Waals surface area contributed by atoms with Gasteiger partial charge in [-0.15, -0.1) is 0 Å². The number of hydrogen-bond acceptors (Lipinski definition) is 5. The summed E-state index contributed by atoms with van der Waals surface area (Å²) in [6.07, 6.45) is 0. The molecule has 0 fully saturated rings. The molecule has 0 unspecified atom stereocenters. The number of hydrogen-bond donors (Lipinski definition) is 2. The largest absolute Gasteiger partial charge is 0.465 e. The Kier molecular flexibility index (Phi) is 4.30. The molecule has 0 saturated heterocycles. The minimum atomic E-state index is -0.391. The van der Waals surface area contributed by atoms with Crippen LogP contribution in [-0.4, -0.2) is 12.6 Å². The number of esters is 1. The van der Waals surface area contributed by atoms with Crippen LogP contribution >= 0.6 is 0 Å². The van der Waals surface area contributed by atoms with Crippen molar-refractivity contribution in [3.8, 4) is 0 Å².